The summed E-state index contributed by atoms with van der Waals surface area (Å²) in [5.41, 5.74) is 5.66. The van der Waals surface area contributed by atoms with Gasteiger partial charge in [-0.05, 0) is 61.0 Å². The molecule has 0 saturated carbocycles. The van der Waals surface area contributed by atoms with E-state index in [0.29, 0.717) is 4.90 Å². The number of hydrogen-bond donors (Lipinski definition) is 0. The van der Waals surface area contributed by atoms with Crippen LogP contribution in [-0.2, 0) is 22.8 Å². The van der Waals surface area contributed by atoms with Crippen LogP contribution < -0.4 is 0 Å². The molecule has 3 aromatic rings. The van der Waals surface area contributed by atoms with Crippen LogP contribution in [-0.4, -0.2) is 37.7 Å². The van der Waals surface area contributed by atoms with Crippen molar-refractivity contribution >= 4 is 44.1 Å². The van der Waals surface area contributed by atoms with Gasteiger partial charge in [-0.25, -0.2) is 8.42 Å². The Kier molecular flexibility index (Phi) is 4.86. The van der Waals surface area contributed by atoms with Crippen LogP contribution >= 0.6 is 11.6 Å². The molecule has 2 aromatic carbocycles. The first kappa shape index (κ1) is 19.2. The number of nitrogens with zero attached hydrogens (tertiary/aromatic N) is 2. The van der Waals surface area contributed by atoms with Crippen LogP contribution in [0.3, 0.4) is 0 Å². The minimum atomic E-state index is -3.24. The van der Waals surface area contributed by atoms with Crippen LogP contribution in [0.2, 0.25) is 5.02 Å². The summed E-state index contributed by atoms with van der Waals surface area (Å²) in [5.74, 6) is 0. The molecule has 0 amide bonds. The zero-order chi connectivity index (χ0) is 20.1. The second-order valence-electron chi connectivity index (χ2n) is 7.56. The van der Waals surface area contributed by atoms with Gasteiger partial charge in [-0.2, -0.15) is 0 Å². The van der Waals surface area contributed by atoms with E-state index < -0.39 is 9.84 Å². The second-order valence-corrected chi connectivity index (χ2v) is 10.0. The van der Waals surface area contributed by atoms with Gasteiger partial charge in [-0.1, -0.05) is 23.7 Å². The molecule has 4 nitrogen and oxygen atoms in total. The summed E-state index contributed by atoms with van der Waals surface area (Å²) in [6.07, 6.45) is 4.31. The molecule has 0 radical (unpaired) electrons. The van der Waals surface area contributed by atoms with E-state index in [1.54, 1.807) is 18.2 Å². The molecule has 0 fully saturated rings. The maximum absolute atomic E-state index is 11.9. The molecule has 0 N–H and O–H groups in total. The van der Waals surface area contributed by atoms with Gasteiger partial charge in [-0.15, -0.1) is 0 Å². The Morgan fingerprint density at radius 1 is 1.18 bits per heavy atom. The molecule has 1 aliphatic heterocycles. The van der Waals surface area contributed by atoms with Gasteiger partial charge in [-0.3, -0.25) is 0 Å². The first-order valence-electron chi connectivity index (χ1n) is 9.22. The lowest BCUT2D eigenvalue weighted by Gasteiger charge is -2.23. The van der Waals surface area contributed by atoms with Crippen LogP contribution in [0.25, 0.3) is 22.7 Å². The van der Waals surface area contributed by atoms with Crippen molar-refractivity contribution in [3.8, 4) is 0 Å². The molecule has 4 rings (SSSR count). The van der Waals surface area contributed by atoms with Gasteiger partial charge in [0.2, 0.25) is 0 Å². The number of allylic oxidation sites excluding steroid dienone is 1. The summed E-state index contributed by atoms with van der Waals surface area (Å²) in [7, 11) is -1.10. The van der Waals surface area contributed by atoms with Crippen molar-refractivity contribution in [2.45, 2.75) is 24.8 Å². The van der Waals surface area contributed by atoms with E-state index in [1.807, 2.05) is 25.1 Å². The standard InChI is InChI=1S/C22H23ClN2O2S/c1-15(16-5-4-6-18(11-16)28(3,26)27)13-25-21-8-7-17(23)12-19(21)20-14-24(2)10-9-22(20)25/h4-8,11-13H,9-10,14H2,1-3H3/b15-13+. The molecule has 0 aliphatic carbocycles. The van der Waals surface area contributed by atoms with Crippen molar-refractivity contribution in [3.05, 3.63) is 64.3 Å². The van der Waals surface area contributed by atoms with Gasteiger partial charge >= 0.3 is 0 Å². The average molecular weight is 415 g/mol. The van der Waals surface area contributed by atoms with Crippen LogP contribution in [0.1, 0.15) is 23.7 Å². The number of benzene rings is 2. The van der Waals surface area contributed by atoms with Crippen molar-refractivity contribution in [2.24, 2.45) is 0 Å². The highest BCUT2D eigenvalue weighted by Crippen LogP contribution is 2.33. The predicted octanol–water partition coefficient (Wildman–Crippen LogP) is 4.70. The summed E-state index contributed by atoms with van der Waals surface area (Å²) in [5, 5.41) is 1.92. The lowest BCUT2D eigenvalue weighted by Crippen LogP contribution is -2.26. The second kappa shape index (κ2) is 7.07. The van der Waals surface area contributed by atoms with E-state index in [9.17, 15) is 8.42 Å². The summed E-state index contributed by atoms with van der Waals surface area (Å²) >= 11 is 6.27. The van der Waals surface area contributed by atoms with Crippen LogP contribution in [0.15, 0.2) is 47.4 Å². The van der Waals surface area contributed by atoms with E-state index in [1.165, 1.54) is 22.9 Å². The van der Waals surface area contributed by atoms with Gasteiger partial charge in [0, 0.05) is 48.1 Å². The fourth-order valence-corrected chi connectivity index (χ4v) is 4.73. The maximum Gasteiger partial charge on any atom is 0.175 e. The average Bonchev–Trinajstić information content (AvgIpc) is 2.93. The molecular formula is C22H23ClN2O2S. The summed E-state index contributed by atoms with van der Waals surface area (Å²) < 4.78 is 26.1. The zero-order valence-electron chi connectivity index (χ0n) is 16.2. The number of sulfone groups is 1. The van der Waals surface area contributed by atoms with Gasteiger partial charge in [0.05, 0.1) is 10.4 Å². The number of aromatic nitrogens is 1. The molecule has 1 aromatic heterocycles. The summed E-state index contributed by atoms with van der Waals surface area (Å²) in [6.45, 7) is 3.92. The summed E-state index contributed by atoms with van der Waals surface area (Å²) in [6, 6.07) is 13.1. The maximum atomic E-state index is 11.9. The van der Waals surface area contributed by atoms with Crippen molar-refractivity contribution in [1.29, 1.82) is 0 Å². The number of likely N-dealkylation sites (N-methyl/N-ethyl adjacent to an activating group) is 1. The molecule has 1 aliphatic rings. The quantitative estimate of drug-likeness (QED) is 0.623. The fourth-order valence-electron chi connectivity index (χ4n) is 3.89. The van der Waals surface area contributed by atoms with E-state index in [4.69, 9.17) is 11.6 Å². The zero-order valence-corrected chi connectivity index (χ0v) is 17.8. The van der Waals surface area contributed by atoms with Crippen LogP contribution in [0, 0.1) is 0 Å². The predicted molar refractivity (Wildman–Crippen MR) is 116 cm³/mol. The number of fused-ring (bicyclic) bond motifs is 3. The topological polar surface area (TPSA) is 42.3 Å². The molecule has 0 bridgehead atoms. The fraction of sp³-hybridized carbons (Fsp3) is 0.273. The number of rotatable bonds is 3. The van der Waals surface area contributed by atoms with Crippen molar-refractivity contribution < 1.29 is 8.42 Å². The molecule has 2 heterocycles. The Morgan fingerprint density at radius 3 is 2.71 bits per heavy atom. The molecule has 146 valence electrons. The minimum absolute atomic E-state index is 0.338. The largest absolute Gasteiger partial charge is 0.320 e. The van der Waals surface area contributed by atoms with Crippen LogP contribution in [0.5, 0.6) is 0 Å². The monoisotopic (exact) mass is 414 g/mol. The van der Waals surface area contributed by atoms with Crippen molar-refractivity contribution in [1.82, 2.24) is 9.47 Å². The van der Waals surface area contributed by atoms with Gasteiger partial charge < -0.3 is 9.47 Å². The Hall–Kier alpha value is -2.08. The van der Waals surface area contributed by atoms with Gasteiger partial charge in [0.1, 0.15) is 0 Å². The number of halogens is 1. The van der Waals surface area contributed by atoms with E-state index in [2.05, 4.69) is 28.8 Å². The van der Waals surface area contributed by atoms with Crippen LogP contribution in [0.4, 0.5) is 0 Å². The van der Waals surface area contributed by atoms with Gasteiger partial charge in [0.25, 0.3) is 0 Å². The van der Waals surface area contributed by atoms with Gasteiger partial charge in [0.15, 0.2) is 9.84 Å². The van der Waals surface area contributed by atoms with E-state index >= 15 is 0 Å². The third-order valence-corrected chi connectivity index (χ3v) is 6.73. The molecule has 0 atom stereocenters. The molecule has 28 heavy (non-hydrogen) atoms. The van der Waals surface area contributed by atoms with Crippen molar-refractivity contribution in [3.63, 3.8) is 0 Å². The van der Waals surface area contributed by atoms with Crippen molar-refractivity contribution in [2.75, 3.05) is 19.8 Å². The first-order valence-corrected chi connectivity index (χ1v) is 11.5. The Morgan fingerprint density at radius 2 is 1.96 bits per heavy atom. The third kappa shape index (κ3) is 3.50. The third-order valence-electron chi connectivity index (χ3n) is 5.38. The highest BCUT2D eigenvalue weighted by atomic mass is 35.5. The summed E-state index contributed by atoms with van der Waals surface area (Å²) in [4.78, 5) is 2.66. The molecule has 0 saturated heterocycles. The highest BCUT2D eigenvalue weighted by molar-refractivity contribution is 7.90. The Labute approximate surface area is 171 Å². The van der Waals surface area contributed by atoms with E-state index in [0.717, 1.165) is 41.2 Å². The normalized spacial score (nSPS) is 15.8. The smallest absolute Gasteiger partial charge is 0.175 e. The molecule has 0 spiro atoms. The lowest BCUT2D eigenvalue weighted by molar-refractivity contribution is 0.312. The minimum Gasteiger partial charge on any atom is -0.320 e. The SMILES string of the molecule is C/C(=C\n1c2c(c3cc(Cl)ccc31)CN(C)CC2)c1cccc(S(C)(=O)=O)c1. The first-order chi connectivity index (χ1) is 13.2. The highest BCUT2D eigenvalue weighted by Gasteiger charge is 2.22. The lowest BCUT2D eigenvalue weighted by atomic mass is 10.1. The Balaban J connectivity index is 1.88. The molecule has 6 heteroatoms. The van der Waals surface area contributed by atoms with E-state index in [-0.39, 0.29) is 0 Å². The Bertz CT molecular complexity index is 1210. The molecular weight excluding hydrogens is 392 g/mol. The molecule has 0 unspecified atom stereocenters. The number of hydrogen-bond acceptors (Lipinski definition) is 3.